The minimum Gasteiger partial charge on any atom is -1.00 e. The maximum atomic E-state index is 15.4. The Hall–Kier alpha value is -3.55. The number of ether oxygens (including phenoxy) is 3. The fraction of sp³-hybridized carbons (Fsp3) is 0.567. The Morgan fingerprint density at radius 3 is 2.55 bits per heavy atom. The number of hydrogen-bond donors (Lipinski definition) is 2. The number of primary amides is 1. The number of ketones is 1. The molecule has 2 aromatic rings. The molecule has 12 nitrogen and oxygen atoms in total. The lowest BCUT2D eigenvalue weighted by molar-refractivity contribution is -0.873. The van der Waals surface area contributed by atoms with Crippen LogP contribution in [-0.2, 0) is 30.2 Å². The summed E-state index contributed by atoms with van der Waals surface area (Å²) in [5.74, 6) is -2.90. The predicted octanol–water partition coefficient (Wildman–Crippen LogP) is -0.324. The smallest absolute Gasteiger partial charge is 0.312 e. The Kier molecular flexibility index (Phi) is 10.5. The van der Waals surface area contributed by atoms with Crippen molar-refractivity contribution in [3.8, 4) is 5.69 Å². The zero-order chi connectivity index (χ0) is 31.9. The van der Waals surface area contributed by atoms with Crippen molar-refractivity contribution in [2.45, 2.75) is 71.8 Å². The third-order valence-corrected chi connectivity index (χ3v) is 7.35. The quantitative estimate of drug-likeness (QED) is 0.264. The van der Waals surface area contributed by atoms with E-state index in [2.05, 4.69) is 10.4 Å². The minimum atomic E-state index is -0.961. The molecule has 0 bridgehead atoms. The highest BCUT2D eigenvalue weighted by atomic mass is 35.5. The number of aryl methyl sites for hydroxylation is 1. The molecule has 1 amide bonds. The second kappa shape index (κ2) is 13.2. The number of hydrogen-bond acceptors (Lipinski definition) is 9. The number of carbonyl (C=O) groups is 4. The molecule has 242 valence electrons. The third-order valence-electron chi connectivity index (χ3n) is 7.35. The van der Waals surface area contributed by atoms with Gasteiger partial charge < -0.3 is 42.2 Å². The van der Waals surface area contributed by atoms with Crippen molar-refractivity contribution in [1.29, 1.82) is 0 Å². The molecule has 14 heteroatoms. The van der Waals surface area contributed by atoms with Crippen LogP contribution in [0.5, 0.6) is 0 Å². The van der Waals surface area contributed by atoms with Gasteiger partial charge in [-0.1, -0.05) is 13.8 Å². The first-order valence-corrected chi connectivity index (χ1v) is 14.2. The van der Waals surface area contributed by atoms with E-state index in [-0.39, 0.29) is 54.3 Å². The number of anilines is 1. The van der Waals surface area contributed by atoms with Crippen LogP contribution in [0.2, 0.25) is 0 Å². The van der Waals surface area contributed by atoms with Gasteiger partial charge in [0.15, 0.2) is 11.9 Å². The van der Waals surface area contributed by atoms with Crippen LogP contribution in [-0.4, -0.2) is 90.6 Å². The van der Waals surface area contributed by atoms with Crippen molar-refractivity contribution >= 4 is 29.3 Å². The maximum absolute atomic E-state index is 15.4. The van der Waals surface area contributed by atoms with E-state index < -0.39 is 42.1 Å². The molecule has 0 spiro atoms. The molecule has 1 saturated heterocycles. The first-order chi connectivity index (χ1) is 19.9. The van der Waals surface area contributed by atoms with Gasteiger partial charge in [-0.3, -0.25) is 19.2 Å². The summed E-state index contributed by atoms with van der Waals surface area (Å²) >= 11 is 0. The van der Waals surface area contributed by atoms with Crippen LogP contribution in [0.15, 0.2) is 12.1 Å². The molecule has 1 aromatic carbocycles. The van der Waals surface area contributed by atoms with Crippen LogP contribution in [0.4, 0.5) is 10.1 Å². The van der Waals surface area contributed by atoms with E-state index >= 15 is 4.39 Å². The monoisotopic (exact) mass is 637 g/mol. The van der Waals surface area contributed by atoms with Crippen LogP contribution in [0, 0.1) is 18.2 Å². The highest BCUT2D eigenvalue weighted by Gasteiger charge is 2.37. The molecule has 44 heavy (non-hydrogen) atoms. The highest BCUT2D eigenvalue weighted by molar-refractivity contribution is 6.00. The zero-order valence-electron chi connectivity index (χ0n) is 26.2. The minimum absolute atomic E-state index is 0. The molecule has 3 unspecified atom stereocenters. The molecule has 1 aromatic heterocycles. The fourth-order valence-electron chi connectivity index (χ4n) is 5.80. The summed E-state index contributed by atoms with van der Waals surface area (Å²) in [6, 6.07) is 2.29. The molecule has 4 rings (SSSR count). The fourth-order valence-corrected chi connectivity index (χ4v) is 5.80. The average molecular weight is 638 g/mol. The van der Waals surface area contributed by atoms with Gasteiger partial charge in [0.05, 0.1) is 74.1 Å². The summed E-state index contributed by atoms with van der Waals surface area (Å²) in [4.78, 5) is 49.3. The van der Waals surface area contributed by atoms with Crippen molar-refractivity contribution < 1.29 is 54.7 Å². The summed E-state index contributed by atoms with van der Waals surface area (Å²) in [5.41, 5.74) is 7.15. The second-order valence-corrected chi connectivity index (χ2v) is 13.2. The van der Waals surface area contributed by atoms with Gasteiger partial charge in [0.25, 0.3) is 5.91 Å². The molecule has 0 radical (unpaired) electrons. The van der Waals surface area contributed by atoms with E-state index in [1.165, 1.54) is 13.0 Å². The predicted molar refractivity (Wildman–Crippen MR) is 154 cm³/mol. The topological polar surface area (TPSA) is 152 Å². The maximum Gasteiger partial charge on any atom is 0.312 e. The second-order valence-electron chi connectivity index (χ2n) is 13.2. The number of fused-ring (bicyclic) bond motifs is 1. The summed E-state index contributed by atoms with van der Waals surface area (Å²) in [7, 11) is 5.75. The summed E-state index contributed by atoms with van der Waals surface area (Å²) in [6.07, 6.45) is -0.538. The Morgan fingerprint density at radius 2 is 1.93 bits per heavy atom. The number of amides is 1. The summed E-state index contributed by atoms with van der Waals surface area (Å²) in [5, 5.41) is 7.66. The van der Waals surface area contributed by atoms with Gasteiger partial charge in [-0.15, -0.1) is 0 Å². The van der Waals surface area contributed by atoms with E-state index in [9.17, 15) is 19.2 Å². The van der Waals surface area contributed by atoms with Gasteiger partial charge in [0.2, 0.25) is 6.29 Å². The lowest BCUT2D eigenvalue weighted by Gasteiger charge is -2.29. The SMILES string of the molecule is CC(=O)OC(CC(=O)OC1CC(Nc2cc(-n3nc(C)c4c3CC(C)(C)CC4=O)cc(F)c2C(N)=O)CO1)C[N+](C)(C)C.[Cl-]. The number of Topliss-reactive ketones (excluding diaryl/α,β-unsaturated/α-hetero) is 1. The van der Waals surface area contributed by atoms with Crippen molar-refractivity contribution in [2.75, 3.05) is 39.6 Å². The van der Waals surface area contributed by atoms with Gasteiger partial charge in [-0.2, -0.15) is 5.10 Å². The van der Waals surface area contributed by atoms with E-state index in [0.29, 0.717) is 46.5 Å². The van der Waals surface area contributed by atoms with E-state index in [1.54, 1.807) is 17.7 Å². The third kappa shape index (κ3) is 8.33. The Bertz CT molecular complexity index is 1450. The molecule has 1 fully saturated rings. The number of nitrogens with two attached hydrogens (primary N) is 1. The van der Waals surface area contributed by atoms with Crippen molar-refractivity contribution in [3.05, 3.63) is 40.5 Å². The molecular weight excluding hydrogens is 597 g/mol. The van der Waals surface area contributed by atoms with Gasteiger partial charge in [-0.25, -0.2) is 9.07 Å². The molecule has 3 atom stereocenters. The zero-order valence-corrected chi connectivity index (χ0v) is 26.9. The number of nitrogens with zero attached hydrogens (tertiary/aromatic N) is 3. The molecule has 3 N–H and O–H groups in total. The van der Waals surface area contributed by atoms with Gasteiger partial charge in [0.1, 0.15) is 12.4 Å². The Labute approximate surface area is 262 Å². The number of likely N-dealkylation sites (N-methyl/N-ethyl adjacent to an activating group) is 1. The number of rotatable bonds is 10. The van der Waals surface area contributed by atoms with E-state index in [0.717, 1.165) is 0 Å². The van der Waals surface area contributed by atoms with Crippen LogP contribution < -0.4 is 23.5 Å². The first kappa shape index (κ1) is 34.9. The molecule has 2 heterocycles. The normalized spacial score (nSPS) is 19.9. The standard InChI is InChI=1S/C30H40FN5O7.ClH/c1-16-27-23(12-30(3,4)13-24(27)38)35(34-16)19-9-21(31)28(29(32)40)22(10-19)33-18-8-26(41-15-18)43-25(39)11-20(42-17(2)37)14-36(5,6)7;/h9-10,18,20,26H,8,11-15H2,1-7H3,(H2-,32,33,40);1H. The average Bonchev–Trinajstić information content (AvgIpc) is 3.39. The number of quaternary nitrogens is 1. The number of carbonyl (C=O) groups excluding carboxylic acids is 4. The molecule has 1 aliphatic carbocycles. The Morgan fingerprint density at radius 1 is 1.25 bits per heavy atom. The lowest BCUT2D eigenvalue weighted by Crippen LogP contribution is -3.00. The first-order valence-electron chi connectivity index (χ1n) is 14.2. The number of nitrogens with one attached hydrogen (secondary N) is 1. The molecule has 0 saturated carbocycles. The number of esters is 2. The summed E-state index contributed by atoms with van der Waals surface area (Å²) < 4.78 is 33.8. The van der Waals surface area contributed by atoms with Crippen molar-refractivity contribution in [1.82, 2.24) is 9.78 Å². The van der Waals surface area contributed by atoms with Crippen molar-refractivity contribution in [2.24, 2.45) is 11.1 Å². The molecular formula is C30H41ClFN5O7. The van der Waals surface area contributed by atoms with E-state index in [1.807, 2.05) is 35.0 Å². The summed E-state index contributed by atoms with van der Waals surface area (Å²) in [6.45, 7) is 7.53. The van der Waals surface area contributed by atoms with Crippen LogP contribution in [0.3, 0.4) is 0 Å². The Balaban J connectivity index is 0.00000529. The lowest BCUT2D eigenvalue weighted by atomic mass is 9.75. The molecule has 1 aliphatic heterocycles. The van der Waals surface area contributed by atoms with Gasteiger partial charge >= 0.3 is 11.9 Å². The van der Waals surface area contributed by atoms with Gasteiger partial charge in [-0.05, 0) is 24.8 Å². The van der Waals surface area contributed by atoms with Crippen LogP contribution in [0.25, 0.3) is 5.69 Å². The van der Waals surface area contributed by atoms with Gasteiger partial charge in [0, 0.05) is 25.8 Å². The van der Waals surface area contributed by atoms with Crippen molar-refractivity contribution in [3.63, 3.8) is 0 Å². The van der Waals surface area contributed by atoms with E-state index in [4.69, 9.17) is 19.9 Å². The number of benzene rings is 1. The highest BCUT2D eigenvalue weighted by Crippen LogP contribution is 2.38. The van der Waals surface area contributed by atoms with Crippen LogP contribution in [0.1, 0.15) is 72.1 Å². The number of halogens is 2. The molecule has 2 aliphatic rings. The van der Waals surface area contributed by atoms with Crippen LogP contribution >= 0.6 is 0 Å². The largest absolute Gasteiger partial charge is 1.00 e. The number of aromatic nitrogens is 2.